The first-order valence-electron chi connectivity index (χ1n) is 9.43. The molecule has 0 aliphatic rings. The van der Waals surface area contributed by atoms with Crippen molar-refractivity contribution in [1.29, 1.82) is 0 Å². The summed E-state index contributed by atoms with van der Waals surface area (Å²) in [6.45, 7) is 2.42. The normalized spacial score (nSPS) is 11.6. The second-order valence-corrected chi connectivity index (χ2v) is 7.21. The molecule has 0 spiro atoms. The van der Waals surface area contributed by atoms with Gasteiger partial charge >= 0.3 is 0 Å². The molecule has 0 aliphatic carbocycles. The van der Waals surface area contributed by atoms with Crippen LogP contribution in [-0.4, -0.2) is 11.9 Å². The first kappa shape index (κ1) is 20.0. The topological polar surface area (TPSA) is 38.3 Å². The molecular formula is C24H24ClNO2. The van der Waals surface area contributed by atoms with Gasteiger partial charge in [-0.2, -0.15) is 0 Å². The minimum Gasteiger partial charge on any atom is -0.489 e. The van der Waals surface area contributed by atoms with Crippen molar-refractivity contribution in [2.45, 2.75) is 32.4 Å². The van der Waals surface area contributed by atoms with E-state index in [2.05, 4.69) is 17.4 Å². The first-order chi connectivity index (χ1) is 13.6. The van der Waals surface area contributed by atoms with Gasteiger partial charge in [0.25, 0.3) is 5.91 Å². The van der Waals surface area contributed by atoms with Crippen LogP contribution in [0.1, 0.15) is 34.8 Å². The molecule has 144 valence electrons. The average Bonchev–Trinajstić information content (AvgIpc) is 2.73. The highest BCUT2D eigenvalue weighted by molar-refractivity contribution is 6.31. The van der Waals surface area contributed by atoms with Gasteiger partial charge in [-0.25, -0.2) is 0 Å². The van der Waals surface area contributed by atoms with E-state index in [-0.39, 0.29) is 11.9 Å². The van der Waals surface area contributed by atoms with Crippen LogP contribution < -0.4 is 10.1 Å². The van der Waals surface area contributed by atoms with Crippen LogP contribution in [0.4, 0.5) is 0 Å². The Morgan fingerprint density at radius 1 is 0.964 bits per heavy atom. The fourth-order valence-corrected chi connectivity index (χ4v) is 3.08. The minimum atomic E-state index is -0.0711. The standard InChI is InChI=1S/C24H24ClNO2/c1-18(11-12-19-7-3-2-4-8-19)26-24(27)20-13-15-22(16-14-20)28-17-21-9-5-6-10-23(21)25/h2-10,13-16,18H,11-12,17H2,1H3,(H,26,27)/t18-/m1/s1. The summed E-state index contributed by atoms with van der Waals surface area (Å²) in [7, 11) is 0. The van der Waals surface area contributed by atoms with Crippen molar-refractivity contribution < 1.29 is 9.53 Å². The van der Waals surface area contributed by atoms with Crippen LogP contribution in [0.2, 0.25) is 5.02 Å². The maximum absolute atomic E-state index is 12.4. The van der Waals surface area contributed by atoms with Gasteiger partial charge in [-0.1, -0.05) is 60.1 Å². The Hall–Kier alpha value is -2.78. The Kier molecular flexibility index (Phi) is 7.10. The number of carbonyl (C=O) groups is 1. The van der Waals surface area contributed by atoms with E-state index in [1.807, 2.05) is 49.4 Å². The van der Waals surface area contributed by atoms with E-state index >= 15 is 0 Å². The summed E-state index contributed by atoms with van der Waals surface area (Å²) < 4.78 is 5.76. The van der Waals surface area contributed by atoms with Crippen LogP contribution in [0.15, 0.2) is 78.9 Å². The molecule has 1 atom stereocenters. The van der Waals surface area contributed by atoms with Gasteiger partial charge in [-0.15, -0.1) is 0 Å². The predicted octanol–water partition coefficient (Wildman–Crippen LogP) is 5.67. The Morgan fingerprint density at radius 2 is 1.64 bits per heavy atom. The number of carbonyl (C=O) groups excluding carboxylic acids is 1. The van der Waals surface area contributed by atoms with Crippen molar-refractivity contribution in [1.82, 2.24) is 5.32 Å². The lowest BCUT2D eigenvalue weighted by Crippen LogP contribution is -2.32. The zero-order valence-electron chi connectivity index (χ0n) is 15.9. The molecule has 0 radical (unpaired) electrons. The molecule has 0 unspecified atom stereocenters. The van der Waals surface area contributed by atoms with Gasteiger partial charge in [-0.3, -0.25) is 4.79 Å². The zero-order valence-corrected chi connectivity index (χ0v) is 16.7. The molecule has 4 heteroatoms. The highest BCUT2D eigenvalue weighted by Crippen LogP contribution is 2.19. The molecule has 28 heavy (non-hydrogen) atoms. The zero-order chi connectivity index (χ0) is 19.8. The van der Waals surface area contributed by atoms with Gasteiger partial charge in [0.15, 0.2) is 0 Å². The molecule has 0 saturated heterocycles. The van der Waals surface area contributed by atoms with Crippen LogP contribution in [-0.2, 0) is 13.0 Å². The summed E-state index contributed by atoms with van der Waals surface area (Å²) in [4.78, 5) is 12.4. The molecule has 0 bridgehead atoms. The molecule has 3 aromatic carbocycles. The lowest BCUT2D eigenvalue weighted by Gasteiger charge is -2.14. The number of hydrogen-bond acceptors (Lipinski definition) is 2. The maximum Gasteiger partial charge on any atom is 0.251 e. The largest absolute Gasteiger partial charge is 0.489 e. The van der Waals surface area contributed by atoms with Crippen molar-refractivity contribution in [2.24, 2.45) is 0 Å². The Balaban J connectivity index is 1.48. The molecule has 3 nitrogen and oxygen atoms in total. The molecule has 0 saturated carbocycles. The number of amides is 1. The van der Waals surface area contributed by atoms with Gasteiger partial charge in [0.05, 0.1) is 0 Å². The van der Waals surface area contributed by atoms with Crippen LogP contribution in [0, 0.1) is 0 Å². The number of halogens is 1. The highest BCUT2D eigenvalue weighted by atomic mass is 35.5. The van der Waals surface area contributed by atoms with Gasteiger partial charge in [0.1, 0.15) is 12.4 Å². The quantitative estimate of drug-likeness (QED) is 0.535. The number of hydrogen-bond donors (Lipinski definition) is 1. The van der Waals surface area contributed by atoms with E-state index in [1.54, 1.807) is 24.3 Å². The summed E-state index contributed by atoms with van der Waals surface area (Å²) in [5, 5.41) is 3.74. The second-order valence-electron chi connectivity index (χ2n) is 6.80. The lowest BCUT2D eigenvalue weighted by atomic mass is 10.1. The maximum atomic E-state index is 12.4. The summed E-state index contributed by atoms with van der Waals surface area (Å²) in [5.41, 5.74) is 2.83. The van der Waals surface area contributed by atoms with E-state index < -0.39 is 0 Å². The average molecular weight is 394 g/mol. The van der Waals surface area contributed by atoms with Crippen molar-refractivity contribution in [3.05, 3.63) is 101 Å². The van der Waals surface area contributed by atoms with E-state index in [4.69, 9.17) is 16.3 Å². The van der Waals surface area contributed by atoms with Crippen LogP contribution in [0.25, 0.3) is 0 Å². The van der Waals surface area contributed by atoms with Gasteiger partial charge in [0, 0.05) is 22.2 Å². The molecule has 0 aromatic heterocycles. The fourth-order valence-electron chi connectivity index (χ4n) is 2.89. The Morgan fingerprint density at radius 3 is 2.36 bits per heavy atom. The van der Waals surface area contributed by atoms with Crippen molar-refractivity contribution in [3.8, 4) is 5.75 Å². The molecule has 0 fully saturated rings. The molecule has 3 aromatic rings. The highest BCUT2D eigenvalue weighted by Gasteiger charge is 2.10. The van der Waals surface area contributed by atoms with E-state index in [1.165, 1.54) is 5.56 Å². The Bertz CT molecular complexity index is 894. The third-order valence-electron chi connectivity index (χ3n) is 4.56. The molecule has 0 aliphatic heterocycles. The van der Waals surface area contributed by atoms with E-state index in [0.717, 1.165) is 18.4 Å². The van der Waals surface area contributed by atoms with Gasteiger partial charge in [-0.05, 0) is 55.7 Å². The van der Waals surface area contributed by atoms with Crippen molar-refractivity contribution >= 4 is 17.5 Å². The third-order valence-corrected chi connectivity index (χ3v) is 4.92. The predicted molar refractivity (Wildman–Crippen MR) is 114 cm³/mol. The molecule has 1 amide bonds. The number of benzene rings is 3. The van der Waals surface area contributed by atoms with E-state index in [9.17, 15) is 4.79 Å². The van der Waals surface area contributed by atoms with Gasteiger partial charge in [0.2, 0.25) is 0 Å². The van der Waals surface area contributed by atoms with Crippen LogP contribution in [0.3, 0.4) is 0 Å². The molecule has 3 rings (SSSR count). The summed E-state index contributed by atoms with van der Waals surface area (Å²) in [5.74, 6) is 0.631. The summed E-state index contributed by atoms with van der Waals surface area (Å²) in [6.07, 6.45) is 1.84. The minimum absolute atomic E-state index is 0.0711. The second kappa shape index (κ2) is 9.95. The molecule has 0 heterocycles. The van der Waals surface area contributed by atoms with E-state index in [0.29, 0.717) is 22.9 Å². The van der Waals surface area contributed by atoms with Crippen molar-refractivity contribution in [3.63, 3.8) is 0 Å². The summed E-state index contributed by atoms with van der Waals surface area (Å²) >= 11 is 6.14. The third kappa shape index (κ3) is 5.86. The SMILES string of the molecule is C[C@H](CCc1ccccc1)NC(=O)c1ccc(OCc2ccccc2Cl)cc1. The molecule has 1 N–H and O–H groups in total. The lowest BCUT2D eigenvalue weighted by molar-refractivity contribution is 0.0938. The van der Waals surface area contributed by atoms with Crippen LogP contribution >= 0.6 is 11.6 Å². The monoisotopic (exact) mass is 393 g/mol. The van der Waals surface area contributed by atoms with Crippen molar-refractivity contribution in [2.75, 3.05) is 0 Å². The van der Waals surface area contributed by atoms with Gasteiger partial charge < -0.3 is 10.1 Å². The smallest absolute Gasteiger partial charge is 0.251 e. The first-order valence-corrected chi connectivity index (χ1v) is 9.80. The number of nitrogens with one attached hydrogen (secondary N) is 1. The van der Waals surface area contributed by atoms with Crippen LogP contribution in [0.5, 0.6) is 5.75 Å². The fraction of sp³-hybridized carbons (Fsp3) is 0.208. The summed E-state index contributed by atoms with van der Waals surface area (Å²) in [6, 6.07) is 25.2. The number of ether oxygens (including phenoxy) is 1. The molecular weight excluding hydrogens is 370 g/mol. The number of rotatable bonds is 8. The Labute approximate surface area is 171 Å². The number of aryl methyl sites for hydroxylation is 1.